The maximum Gasteiger partial charge on any atom is 0.251 e. The molecule has 1 amide bonds. The van der Waals surface area contributed by atoms with Crippen molar-refractivity contribution in [2.45, 2.75) is 30.2 Å². The van der Waals surface area contributed by atoms with Gasteiger partial charge in [-0.15, -0.1) is 0 Å². The quantitative estimate of drug-likeness (QED) is 0.596. The van der Waals surface area contributed by atoms with Gasteiger partial charge in [0.15, 0.2) is 0 Å². The third-order valence-electron chi connectivity index (χ3n) is 4.68. The maximum atomic E-state index is 12.3. The Hall–Kier alpha value is -2.97. The molecular formula is C21H22N4O3S. The molecule has 0 atom stereocenters. The van der Waals surface area contributed by atoms with Crippen LogP contribution in [0.15, 0.2) is 71.9 Å². The zero-order valence-corrected chi connectivity index (χ0v) is 16.6. The Morgan fingerprint density at radius 3 is 2.48 bits per heavy atom. The van der Waals surface area contributed by atoms with Crippen LogP contribution in [0.1, 0.15) is 28.8 Å². The summed E-state index contributed by atoms with van der Waals surface area (Å²) in [6.45, 7) is 0.461. The summed E-state index contributed by atoms with van der Waals surface area (Å²) in [5, 5.41) is 7.20. The number of nitrogens with one attached hydrogen (secondary N) is 2. The molecule has 1 heterocycles. The van der Waals surface area contributed by atoms with Gasteiger partial charge in [0.25, 0.3) is 5.91 Å². The van der Waals surface area contributed by atoms with Crippen LogP contribution in [-0.4, -0.2) is 36.7 Å². The average molecular weight is 410 g/mol. The minimum absolute atomic E-state index is 0.0502. The lowest BCUT2D eigenvalue weighted by Crippen LogP contribution is -2.27. The third kappa shape index (κ3) is 4.90. The number of nitrogens with zero attached hydrogens (tertiary/aromatic N) is 2. The molecule has 0 unspecified atom stereocenters. The molecule has 1 fully saturated rings. The molecule has 1 aliphatic carbocycles. The van der Waals surface area contributed by atoms with Gasteiger partial charge < -0.3 is 5.32 Å². The molecule has 1 aliphatic rings. The highest BCUT2D eigenvalue weighted by molar-refractivity contribution is 7.89. The third-order valence-corrected chi connectivity index (χ3v) is 6.22. The van der Waals surface area contributed by atoms with Gasteiger partial charge in [0, 0.05) is 24.3 Å². The molecule has 150 valence electrons. The maximum absolute atomic E-state index is 12.3. The summed E-state index contributed by atoms with van der Waals surface area (Å²) in [6, 6.07) is 15.8. The van der Waals surface area contributed by atoms with Crippen LogP contribution >= 0.6 is 0 Å². The fourth-order valence-corrected chi connectivity index (χ4v) is 4.21. The molecule has 0 radical (unpaired) electrons. The van der Waals surface area contributed by atoms with Crippen LogP contribution in [0.25, 0.3) is 5.69 Å². The highest BCUT2D eigenvalue weighted by Crippen LogP contribution is 2.22. The van der Waals surface area contributed by atoms with Crippen LogP contribution in [0.3, 0.4) is 0 Å². The molecule has 0 bridgehead atoms. The van der Waals surface area contributed by atoms with Crippen molar-refractivity contribution in [2.75, 3.05) is 6.54 Å². The number of aromatic nitrogens is 2. The van der Waals surface area contributed by atoms with E-state index >= 15 is 0 Å². The number of amides is 1. The Morgan fingerprint density at radius 2 is 1.79 bits per heavy atom. The summed E-state index contributed by atoms with van der Waals surface area (Å²) in [5.41, 5.74) is 2.42. The fraction of sp³-hybridized carbons (Fsp3) is 0.238. The van der Waals surface area contributed by atoms with Gasteiger partial charge in [-0.2, -0.15) is 5.10 Å². The van der Waals surface area contributed by atoms with Crippen molar-refractivity contribution >= 4 is 15.9 Å². The average Bonchev–Trinajstić information content (AvgIpc) is 3.41. The second-order valence-electron chi connectivity index (χ2n) is 7.05. The second-order valence-corrected chi connectivity index (χ2v) is 8.77. The lowest BCUT2D eigenvalue weighted by molar-refractivity contribution is 0.0954. The molecule has 7 nitrogen and oxygen atoms in total. The van der Waals surface area contributed by atoms with E-state index in [1.807, 2.05) is 36.5 Å². The molecule has 29 heavy (non-hydrogen) atoms. The Bertz CT molecular complexity index is 1090. The first-order valence-electron chi connectivity index (χ1n) is 9.51. The lowest BCUT2D eigenvalue weighted by Gasteiger charge is -2.07. The van der Waals surface area contributed by atoms with E-state index < -0.39 is 10.0 Å². The lowest BCUT2D eigenvalue weighted by atomic mass is 10.2. The van der Waals surface area contributed by atoms with Gasteiger partial charge in [0.05, 0.1) is 16.8 Å². The fourth-order valence-electron chi connectivity index (χ4n) is 2.91. The summed E-state index contributed by atoms with van der Waals surface area (Å²) in [4.78, 5) is 12.5. The van der Waals surface area contributed by atoms with Crippen molar-refractivity contribution in [2.24, 2.45) is 0 Å². The van der Waals surface area contributed by atoms with E-state index in [1.165, 1.54) is 24.3 Å². The summed E-state index contributed by atoms with van der Waals surface area (Å²) >= 11 is 0. The van der Waals surface area contributed by atoms with Crippen LogP contribution in [0.2, 0.25) is 0 Å². The molecule has 3 aromatic rings. The minimum Gasteiger partial charge on any atom is -0.352 e. The van der Waals surface area contributed by atoms with Crippen LogP contribution in [0.5, 0.6) is 0 Å². The topological polar surface area (TPSA) is 93.1 Å². The van der Waals surface area contributed by atoms with Crippen molar-refractivity contribution in [3.05, 3.63) is 78.1 Å². The monoisotopic (exact) mass is 410 g/mol. The molecule has 1 aromatic heterocycles. The van der Waals surface area contributed by atoms with E-state index in [9.17, 15) is 13.2 Å². The number of para-hydroxylation sites is 1. The molecule has 0 aliphatic heterocycles. The summed E-state index contributed by atoms with van der Waals surface area (Å²) in [5.74, 6) is -0.237. The summed E-state index contributed by atoms with van der Waals surface area (Å²) in [7, 11) is -3.50. The van der Waals surface area contributed by atoms with Crippen molar-refractivity contribution in [1.82, 2.24) is 19.8 Å². The summed E-state index contributed by atoms with van der Waals surface area (Å²) in [6.07, 6.45) is 6.13. The smallest absolute Gasteiger partial charge is 0.251 e. The normalized spacial score (nSPS) is 13.9. The van der Waals surface area contributed by atoms with Crippen molar-refractivity contribution < 1.29 is 13.2 Å². The SMILES string of the molecule is O=C(NCCc1cnn(-c2ccccc2)c1)c1ccc(S(=O)(=O)NC2CC2)cc1. The number of hydrogen-bond acceptors (Lipinski definition) is 4. The van der Waals surface area contributed by atoms with Gasteiger partial charge in [0.1, 0.15) is 0 Å². The van der Waals surface area contributed by atoms with E-state index in [0.29, 0.717) is 18.5 Å². The van der Waals surface area contributed by atoms with E-state index in [0.717, 1.165) is 24.1 Å². The van der Waals surface area contributed by atoms with E-state index in [4.69, 9.17) is 0 Å². The highest BCUT2D eigenvalue weighted by Gasteiger charge is 2.27. The van der Waals surface area contributed by atoms with E-state index in [1.54, 1.807) is 10.9 Å². The zero-order valence-electron chi connectivity index (χ0n) is 15.8. The van der Waals surface area contributed by atoms with E-state index in [-0.39, 0.29) is 16.8 Å². The zero-order chi connectivity index (χ0) is 20.3. The van der Waals surface area contributed by atoms with Crippen molar-refractivity contribution in [3.63, 3.8) is 0 Å². The van der Waals surface area contributed by atoms with Crippen molar-refractivity contribution in [1.29, 1.82) is 0 Å². The first-order chi connectivity index (χ1) is 14.0. The number of sulfonamides is 1. The minimum atomic E-state index is -3.50. The predicted molar refractivity (Wildman–Crippen MR) is 109 cm³/mol. The first kappa shape index (κ1) is 19.4. The van der Waals surface area contributed by atoms with Crippen LogP contribution in [0.4, 0.5) is 0 Å². The van der Waals surface area contributed by atoms with Gasteiger partial charge in [-0.25, -0.2) is 17.8 Å². The van der Waals surface area contributed by atoms with Gasteiger partial charge >= 0.3 is 0 Å². The Balaban J connectivity index is 1.30. The van der Waals surface area contributed by atoms with Gasteiger partial charge in [0.2, 0.25) is 10.0 Å². The molecule has 0 spiro atoms. The Labute approximate surface area is 169 Å². The summed E-state index contributed by atoms with van der Waals surface area (Å²) < 4.78 is 28.8. The van der Waals surface area contributed by atoms with Crippen LogP contribution in [-0.2, 0) is 16.4 Å². The molecular weight excluding hydrogens is 388 g/mol. The number of rotatable bonds is 8. The molecule has 2 aromatic carbocycles. The predicted octanol–water partition coefficient (Wildman–Crippen LogP) is 2.29. The largest absolute Gasteiger partial charge is 0.352 e. The molecule has 8 heteroatoms. The molecule has 2 N–H and O–H groups in total. The van der Waals surface area contributed by atoms with Gasteiger partial charge in [-0.3, -0.25) is 4.79 Å². The van der Waals surface area contributed by atoms with E-state index in [2.05, 4.69) is 15.1 Å². The molecule has 1 saturated carbocycles. The Morgan fingerprint density at radius 1 is 1.07 bits per heavy atom. The van der Waals surface area contributed by atoms with Crippen molar-refractivity contribution in [3.8, 4) is 5.69 Å². The first-order valence-corrected chi connectivity index (χ1v) is 11.0. The van der Waals surface area contributed by atoms with Gasteiger partial charge in [-0.1, -0.05) is 18.2 Å². The number of carbonyl (C=O) groups is 1. The number of carbonyl (C=O) groups excluding carboxylic acids is 1. The highest BCUT2D eigenvalue weighted by atomic mass is 32.2. The van der Waals surface area contributed by atoms with Gasteiger partial charge in [-0.05, 0) is 61.2 Å². The number of hydrogen-bond donors (Lipinski definition) is 2. The second kappa shape index (κ2) is 8.18. The standard InChI is InChI=1S/C21H22N4O3S/c26-21(17-6-10-20(11-7-17)29(27,28)24-18-8-9-18)22-13-12-16-14-23-25(15-16)19-4-2-1-3-5-19/h1-7,10-11,14-15,18,24H,8-9,12-13H2,(H,22,26). The Kier molecular flexibility index (Phi) is 5.46. The molecule has 0 saturated heterocycles. The number of benzene rings is 2. The van der Waals surface area contributed by atoms with Crippen LogP contribution in [0, 0.1) is 0 Å². The molecule has 4 rings (SSSR count). The van der Waals surface area contributed by atoms with Crippen LogP contribution < -0.4 is 10.0 Å².